The van der Waals surface area contributed by atoms with E-state index in [4.69, 9.17) is 17.0 Å². The minimum absolute atomic E-state index is 0.593. The van der Waals surface area contributed by atoms with Crippen molar-refractivity contribution in [3.8, 4) is 5.75 Å². The molecule has 1 aliphatic carbocycles. The first-order chi connectivity index (χ1) is 6.81. The smallest absolute Gasteiger partial charge is 0.142 e. The summed E-state index contributed by atoms with van der Waals surface area (Å²) in [7, 11) is 1.67. The molecular weight excluding hydrogens is 194 g/mol. The predicted octanol–water partition coefficient (Wildman–Crippen LogP) is 2.84. The van der Waals surface area contributed by atoms with Crippen molar-refractivity contribution in [2.24, 2.45) is 5.92 Å². The van der Waals surface area contributed by atoms with Gasteiger partial charge in [0.05, 0.1) is 17.8 Å². The monoisotopic (exact) mass is 207 g/mol. The maximum Gasteiger partial charge on any atom is 0.142 e. The summed E-state index contributed by atoms with van der Waals surface area (Å²) in [6, 6.07) is 7.83. The summed E-state index contributed by atoms with van der Waals surface area (Å²) in [5, 5.41) is 3.23. The first-order valence-corrected chi connectivity index (χ1v) is 5.16. The number of nitrogens with one attached hydrogen (secondary N) is 1. The molecule has 0 radical (unpaired) electrons. The summed E-state index contributed by atoms with van der Waals surface area (Å²) in [6.45, 7) is 0. The summed E-state index contributed by atoms with van der Waals surface area (Å²) in [4.78, 5) is 0.939. The van der Waals surface area contributed by atoms with Crippen LogP contribution in [0.4, 0.5) is 5.69 Å². The highest BCUT2D eigenvalue weighted by Crippen LogP contribution is 2.32. The van der Waals surface area contributed by atoms with Crippen molar-refractivity contribution in [2.45, 2.75) is 12.8 Å². The Hall–Kier alpha value is -1.09. The van der Waals surface area contributed by atoms with E-state index in [0.717, 1.165) is 16.4 Å². The molecule has 0 aromatic heterocycles. The number of hydrogen-bond donors (Lipinski definition) is 1. The van der Waals surface area contributed by atoms with Crippen LogP contribution in [0, 0.1) is 5.92 Å². The maximum absolute atomic E-state index is 5.26. The highest BCUT2D eigenvalue weighted by atomic mass is 32.1. The van der Waals surface area contributed by atoms with Crippen LogP contribution in [0.5, 0.6) is 5.75 Å². The zero-order valence-electron chi connectivity index (χ0n) is 8.12. The fourth-order valence-electron chi connectivity index (χ4n) is 1.33. The van der Waals surface area contributed by atoms with Gasteiger partial charge in [-0.2, -0.15) is 0 Å². The normalized spacial score (nSPS) is 14.9. The molecule has 2 rings (SSSR count). The molecule has 0 spiro atoms. The molecule has 3 heteroatoms. The molecule has 1 fully saturated rings. The van der Waals surface area contributed by atoms with Crippen molar-refractivity contribution in [3.05, 3.63) is 24.3 Å². The molecule has 0 heterocycles. The average molecular weight is 207 g/mol. The van der Waals surface area contributed by atoms with Crippen LogP contribution in [-0.2, 0) is 0 Å². The fraction of sp³-hybridized carbons (Fsp3) is 0.364. The van der Waals surface area contributed by atoms with Gasteiger partial charge in [0.15, 0.2) is 0 Å². The van der Waals surface area contributed by atoms with E-state index in [1.807, 2.05) is 24.3 Å². The molecule has 0 amide bonds. The molecule has 2 nitrogen and oxygen atoms in total. The van der Waals surface area contributed by atoms with E-state index < -0.39 is 0 Å². The first-order valence-electron chi connectivity index (χ1n) is 4.75. The van der Waals surface area contributed by atoms with E-state index in [1.165, 1.54) is 12.8 Å². The second-order valence-electron chi connectivity index (χ2n) is 3.46. The van der Waals surface area contributed by atoms with Gasteiger partial charge in [0.25, 0.3) is 0 Å². The number of rotatable bonds is 3. The standard InChI is InChI=1S/C11H13NOS/c1-13-10-5-3-2-4-9(10)12-11(14)8-6-7-8/h2-5,8H,6-7H2,1H3,(H,12,14). The van der Waals surface area contributed by atoms with Crippen LogP contribution in [0.15, 0.2) is 24.3 Å². The molecule has 1 aromatic rings. The highest BCUT2D eigenvalue weighted by molar-refractivity contribution is 7.80. The van der Waals surface area contributed by atoms with Crippen molar-refractivity contribution < 1.29 is 4.74 Å². The number of benzene rings is 1. The Kier molecular flexibility index (Phi) is 2.68. The first kappa shape index (κ1) is 9.46. The number of methoxy groups -OCH3 is 1. The van der Waals surface area contributed by atoms with Crippen LogP contribution in [0.2, 0.25) is 0 Å². The number of thiocarbonyl (C=S) groups is 1. The molecule has 1 aromatic carbocycles. The molecule has 14 heavy (non-hydrogen) atoms. The zero-order chi connectivity index (χ0) is 9.97. The van der Waals surface area contributed by atoms with Crippen LogP contribution in [0.3, 0.4) is 0 Å². The molecule has 1 N–H and O–H groups in total. The van der Waals surface area contributed by atoms with Crippen molar-refractivity contribution in [2.75, 3.05) is 12.4 Å². The lowest BCUT2D eigenvalue weighted by molar-refractivity contribution is 0.417. The van der Waals surface area contributed by atoms with Gasteiger partial charge < -0.3 is 10.1 Å². The van der Waals surface area contributed by atoms with Crippen molar-refractivity contribution in [1.29, 1.82) is 0 Å². The van der Waals surface area contributed by atoms with Gasteiger partial charge in [-0.1, -0.05) is 24.4 Å². The Morgan fingerprint density at radius 2 is 2.14 bits per heavy atom. The Morgan fingerprint density at radius 3 is 2.79 bits per heavy atom. The van der Waals surface area contributed by atoms with Crippen LogP contribution >= 0.6 is 12.2 Å². The maximum atomic E-state index is 5.26. The lowest BCUT2D eigenvalue weighted by Gasteiger charge is -2.10. The summed E-state index contributed by atoms with van der Waals surface area (Å²) in [5.74, 6) is 1.44. The molecule has 0 atom stereocenters. The molecule has 0 unspecified atom stereocenters. The fourth-order valence-corrected chi connectivity index (χ4v) is 1.67. The van der Waals surface area contributed by atoms with Crippen LogP contribution in [-0.4, -0.2) is 12.1 Å². The topological polar surface area (TPSA) is 21.3 Å². The molecule has 74 valence electrons. The minimum atomic E-state index is 0.593. The summed E-state index contributed by atoms with van der Waals surface area (Å²) >= 11 is 5.26. The van der Waals surface area contributed by atoms with Gasteiger partial charge in [0, 0.05) is 5.92 Å². The average Bonchev–Trinajstić information content (AvgIpc) is 3.02. The molecule has 1 saturated carbocycles. The number of hydrogen-bond acceptors (Lipinski definition) is 2. The van der Waals surface area contributed by atoms with Gasteiger partial charge in [-0.3, -0.25) is 0 Å². The number of ether oxygens (including phenoxy) is 1. The van der Waals surface area contributed by atoms with Crippen molar-refractivity contribution in [3.63, 3.8) is 0 Å². The van der Waals surface area contributed by atoms with E-state index >= 15 is 0 Å². The SMILES string of the molecule is COc1ccccc1NC(=S)C1CC1. The Labute approximate surface area is 89.3 Å². The van der Waals surface area contributed by atoms with Gasteiger partial charge in [-0.25, -0.2) is 0 Å². The van der Waals surface area contributed by atoms with Crippen molar-refractivity contribution in [1.82, 2.24) is 0 Å². The molecule has 0 aliphatic heterocycles. The predicted molar refractivity (Wildman–Crippen MR) is 61.9 cm³/mol. The second kappa shape index (κ2) is 3.96. The van der Waals surface area contributed by atoms with Gasteiger partial charge in [-0.15, -0.1) is 0 Å². The number of anilines is 1. The van der Waals surface area contributed by atoms with Gasteiger partial charge >= 0.3 is 0 Å². The largest absolute Gasteiger partial charge is 0.495 e. The van der Waals surface area contributed by atoms with Gasteiger partial charge in [0.1, 0.15) is 5.75 Å². The van der Waals surface area contributed by atoms with Gasteiger partial charge in [-0.05, 0) is 25.0 Å². The molecule has 0 saturated heterocycles. The third kappa shape index (κ3) is 2.04. The third-order valence-electron chi connectivity index (χ3n) is 2.31. The Morgan fingerprint density at radius 1 is 1.43 bits per heavy atom. The van der Waals surface area contributed by atoms with Crippen LogP contribution < -0.4 is 10.1 Å². The van der Waals surface area contributed by atoms with E-state index in [2.05, 4.69) is 5.32 Å². The lowest BCUT2D eigenvalue weighted by atomic mass is 10.3. The Bertz CT molecular complexity index is 347. The Balaban J connectivity index is 2.10. The van der Waals surface area contributed by atoms with Crippen LogP contribution in [0.25, 0.3) is 0 Å². The van der Waals surface area contributed by atoms with Crippen molar-refractivity contribution >= 4 is 22.9 Å². The van der Waals surface area contributed by atoms with E-state index in [0.29, 0.717) is 5.92 Å². The van der Waals surface area contributed by atoms with Gasteiger partial charge in [0.2, 0.25) is 0 Å². The summed E-state index contributed by atoms with van der Waals surface area (Å²) in [6.07, 6.45) is 2.45. The zero-order valence-corrected chi connectivity index (χ0v) is 8.93. The summed E-state index contributed by atoms with van der Waals surface area (Å²) in [5.41, 5.74) is 0.965. The highest BCUT2D eigenvalue weighted by Gasteiger charge is 2.26. The van der Waals surface area contributed by atoms with E-state index in [1.54, 1.807) is 7.11 Å². The second-order valence-corrected chi connectivity index (χ2v) is 3.90. The van der Waals surface area contributed by atoms with E-state index in [9.17, 15) is 0 Å². The lowest BCUT2D eigenvalue weighted by Crippen LogP contribution is -2.11. The molecule has 1 aliphatic rings. The number of para-hydroxylation sites is 2. The molecule has 0 bridgehead atoms. The third-order valence-corrected chi connectivity index (χ3v) is 2.75. The van der Waals surface area contributed by atoms with E-state index in [-0.39, 0.29) is 0 Å². The van der Waals surface area contributed by atoms with Crippen LogP contribution in [0.1, 0.15) is 12.8 Å². The minimum Gasteiger partial charge on any atom is -0.495 e. The summed E-state index contributed by atoms with van der Waals surface area (Å²) < 4.78 is 5.22. The quantitative estimate of drug-likeness (QED) is 0.770. The molecular formula is C11H13NOS.